The van der Waals surface area contributed by atoms with Crippen molar-refractivity contribution in [2.45, 2.75) is 146 Å². The maximum absolute atomic E-state index is 14.8. The number of ketones is 1. The number of Topliss-reactive ketones (excluding diaryl/α,β-unsaturated/α-hetero) is 1. The second kappa shape index (κ2) is 11.6. The van der Waals surface area contributed by atoms with E-state index in [0.29, 0.717) is 22.3 Å². The van der Waals surface area contributed by atoms with Crippen molar-refractivity contribution in [3.05, 3.63) is 86.5 Å². The number of allylic oxidation sites excluding steroid dienone is 5. The Labute approximate surface area is 280 Å². The Bertz CT molecular complexity index is 1550. The van der Waals surface area contributed by atoms with E-state index in [-0.39, 0.29) is 44.4 Å². The Hall–Kier alpha value is -3.07. The second-order valence-corrected chi connectivity index (χ2v) is 19.6. The van der Waals surface area contributed by atoms with Crippen molar-refractivity contribution < 1.29 is 15.0 Å². The fraction of sp³-hybridized carbons (Fsp3) is 0.558. The highest BCUT2D eigenvalue weighted by Gasteiger charge is 2.37. The van der Waals surface area contributed by atoms with Gasteiger partial charge in [0, 0.05) is 39.0 Å². The molecule has 0 atom stereocenters. The number of phenols is 2. The molecule has 0 unspecified atom stereocenters. The van der Waals surface area contributed by atoms with E-state index < -0.39 is 5.41 Å². The molecule has 2 aromatic carbocycles. The third-order valence-electron chi connectivity index (χ3n) is 9.14. The number of carbonyl (C=O) groups excluding carboxylic acids is 1. The van der Waals surface area contributed by atoms with Gasteiger partial charge in [0.1, 0.15) is 11.5 Å². The number of benzene rings is 2. The topological polar surface area (TPSA) is 57.5 Å². The molecule has 0 fully saturated rings. The molecule has 0 aromatic heterocycles. The number of carbonyl (C=O) groups is 1. The summed E-state index contributed by atoms with van der Waals surface area (Å²) in [5, 5.41) is 24.6. The third-order valence-corrected chi connectivity index (χ3v) is 9.14. The summed E-state index contributed by atoms with van der Waals surface area (Å²) >= 11 is 0. The maximum atomic E-state index is 14.8. The lowest BCUT2D eigenvalue weighted by Gasteiger charge is -2.33. The van der Waals surface area contributed by atoms with E-state index in [0.717, 1.165) is 33.4 Å². The molecular weight excluding hydrogens is 564 g/mol. The van der Waals surface area contributed by atoms with Crippen LogP contribution in [0, 0.1) is 10.8 Å². The molecule has 0 bridgehead atoms. The van der Waals surface area contributed by atoms with Gasteiger partial charge in [0.25, 0.3) is 0 Å². The fourth-order valence-electron chi connectivity index (χ4n) is 5.90. The zero-order valence-corrected chi connectivity index (χ0v) is 32.3. The summed E-state index contributed by atoms with van der Waals surface area (Å²) in [6.45, 7) is 38.3. The lowest BCUT2D eigenvalue weighted by Crippen LogP contribution is -2.25. The molecule has 0 saturated carbocycles. The molecule has 46 heavy (non-hydrogen) atoms. The summed E-state index contributed by atoms with van der Waals surface area (Å²) in [6, 6.07) is 8.29. The molecule has 2 N–H and O–H groups in total. The lowest BCUT2D eigenvalue weighted by atomic mass is 9.70. The summed E-state index contributed by atoms with van der Waals surface area (Å²) in [5.74, 6) is 0.212. The zero-order chi connectivity index (χ0) is 35.7. The Morgan fingerprint density at radius 1 is 0.478 bits per heavy atom. The van der Waals surface area contributed by atoms with Crippen molar-refractivity contribution in [2.75, 3.05) is 0 Å². The SMILES string of the molecule is CC(C)(C)C1=CC(=C(c2cc(C(C)(C)C)cc(C(C)(C)C)c2O)c2cc(C(C)(C)C)cc(C(C)(C)C)c2O)C(=O)C(C(C)(C)C)=C1. The van der Waals surface area contributed by atoms with E-state index in [2.05, 4.69) is 143 Å². The first-order valence-corrected chi connectivity index (χ1v) is 16.9. The minimum atomic E-state index is -0.421. The van der Waals surface area contributed by atoms with E-state index in [1.165, 1.54) is 0 Å². The number of hydrogen-bond acceptors (Lipinski definition) is 3. The average Bonchev–Trinajstić information content (AvgIpc) is 2.82. The molecule has 1 aliphatic carbocycles. The van der Waals surface area contributed by atoms with Gasteiger partial charge in [-0.3, -0.25) is 4.79 Å². The van der Waals surface area contributed by atoms with E-state index >= 15 is 0 Å². The normalized spacial score (nSPS) is 15.6. The van der Waals surface area contributed by atoms with Gasteiger partial charge in [-0.1, -0.05) is 143 Å². The van der Waals surface area contributed by atoms with Crippen LogP contribution in [-0.4, -0.2) is 16.0 Å². The molecule has 252 valence electrons. The number of phenolic OH excluding ortho intramolecular Hbond substituents is 2. The van der Waals surface area contributed by atoms with Crippen LogP contribution in [0.15, 0.2) is 53.1 Å². The van der Waals surface area contributed by atoms with Crippen LogP contribution in [0.4, 0.5) is 0 Å². The molecule has 1 aliphatic rings. The second-order valence-electron chi connectivity index (χ2n) is 19.6. The summed E-state index contributed by atoms with van der Waals surface area (Å²) in [4.78, 5) is 14.8. The van der Waals surface area contributed by atoms with Gasteiger partial charge in [-0.15, -0.1) is 0 Å². The van der Waals surface area contributed by atoms with E-state index in [1.54, 1.807) is 0 Å². The average molecular weight is 627 g/mol. The first-order chi connectivity index (χ1) is 20.4. The lowest BCUT2D eigenvalue weighted by molar-refractivity contribution is -0.112. The van der Waals surface area contributed by atoms with Crippen molar-refractivity contribution in [3.8, 4) is 11.5 Å². The summed E-state index contributed by atoms with van der Waals surface area (Å²) in [5.41, 5.74) is 5.83. The van der Waals surface area contributed by atoms with Crippen LogP contribution in [0.5, 0.6) is 11.5 Å². The summed E-state index contributed by atoms with van der Waals surface area (Å²) in [6.07, 6.45) is 4.06. The Balaban J connectivity index is 2.82. The van der Waals surface area contributed by atoms with Gasteiger partial charge in [0.2, 0.25) is 0 Å². The van der Waals surface area contributed by atoms with Gasteiger partial charge in [0.05, 0.1) is 0 Å². The zero-order valence-electron chi connectivity index (χ0n) is 32.3. The number of rotatable bonds is 2. The minimum Gasteiger partial charge on any atom is -0.507 e. The van der Waals surface area contributed by atoms with Gasteiger partial charge in [-0.25, -0.2) is 0 Å². The predicted octanol–water partition coefficient (Wildman–Crippen LogP) is 11.6. The van der Waals surface area contributed by atoms with Crippen LogP contribution in [0.1, 0.15) is 158 Å². The van der Waals surface area contributed by atoms with Crippen LogP contribution in [-0.2, 0) is 26.5 Å². The highest BCUT2D eigenvalue weighted by Crippen LogP contribution is 2.50. The number of hydrogen-bond donors (Lipinski definition) is 2. The summed E-state index contributed by atoms with van der Waals surface area (Å²) < 4.78 is 0. The van der Waals surface area contributed by atoms with Gasteiger partial charge in [-0.2, -0.15) is 0 Å². The van der Waals surface area contributed by atoms with Gasteiger partial charge < -0.3 is 10.2 Å². The minimum absolute atomic E-state index is 0.0776. The van der Waals surface area contributed by atoms with Crippen LogP contribution in [0.3, 0.4) is 0 Å². The molecule has 0 amide bonds. The highest BCUT2D eigenvalue weighted by molar-refractivity contribution is 6.19. The molecule has 0 heterocycles. The van der Waals surface area contributed by atoms with Gasteiger partial charge in [0.15, 0.2) is 5.78 Å². The molecule has 0 aliphatic heterocycles. The quantitative estimate of drug-likeness (QED) is 0.326. The molecule has 3 nitrogen and oxygen atoms in total. The first-order valence-electron chi connectivity index (χ1n) is 16.9. The molecule has 3 heteroatoms. The van der Waals surface area contributed by atoms with Crippen LogP contribution >= 0.6 is 0 Å². The molecule has 0 saturated heterocycles. The van der Waals surface area contributed by atoms with Crippen LogP contribution in [0.2, 0.25) is 0 Å². The van der Waals surface area contributed by atoms with Crippen molar-refractivity contribution in [1.29, 1.82) is 0 Å². The number of aromatic hydroxyl groups is 2. The van der Waals surface area contributed by atoms with Crippen molar-refractivity contribution in [3.63, 3.8) is 0 Å². The van der Waals surface area contributed by atoms with Gasteiger partial charge in [-0.05, 0) is 67.4 Å². The highest BCUT2D eigenvalue weighted by atomic mass is 16.3. The molecule has 2 aromatic rings. The Morgan fingerprint density at radius 3 is 1.13 bits per heavy atom. The maximum Gasteiger partial charge on any atom is 0.190 e. The largest absolute Gasteiger partial charge is 0.507 e. The monoisotopic (exact) mass is 626 g/mol. The molecule has 0 spiro atoms. The fourth-order valence-corrected chi connectivity index (χ4v) is 5.90. The van der Waals surface area contributed by atoms with Crippen molar-refractivity contribution in [2.24, 2.45) is 10.8 Å². The van der Waals surface area contributed by atoms with Crippen molar-refractivity contribution >= 4 is 11.4 Å². The van der Waals surface area contributed by atoms with Crippen molar-refractivity contribution in [1.82, 2.24) is 0 Å². The van der Waals surface area contributed by atoms with Crippen LogP contribution in [0.25, 0.3) is 5.57 Å². The van der Waals surface area contributed by atoms with Gasteiger partial charge >= 0.3 is 0 Å². The third kappa shape index (κ3) is 7.56. The van der Waals surface area contributed by atoms with E-state index in [1.807, 2.05) is 18.2 Å². The van der Waals surface area contributed by atoms with Crippen LogP contribution < -0.4 is 0 Å². The smallest absolute Gasteiger partial charge is 0.190 e. The van der Waals surface area contributed by atoms with E-state index in [4.69, 9.17) is 0 Å². The Morgan fingerprint density at radius 2 is 0.848 bits per heavy atom. The standard InChI is InChI=1S/C43H62O3/c1-38(2,3)25-19-28(35(44)31(22-25)41(10,11)12)34(29-20-26(39(4,5)6)23-32(36(29)45)42(13,14)15)30-21-27(40(7,8)9)24-33(37(30)46)43(16,17)18/h19-24,44-45H,1-18H3. The molecule has 3 rings (SSSR count). The molecular formula is C43H62O3. The summed E-state index contributed by atoms with van der Waals surface area (Å²) in [7, 11) is 0. The predicted molar refractivity (Wildman–Crippen MR) is 197 cm³/mol. The Kier molecular flexibility index (Phi) is 9.40. The van der Waals surface area contributed by atoms with E-state index in [9.17, 15) is 15.0 Å². The first kappa shape index (κ1) is 37.4. The molecule has 0 radical (unpaired) electrons.